The van der Waals surface area contributed by atoms with Gasteiger partial charge in [-0.25, -0.2) is 0 Å². The molecule has 1 aliphatic heterocycles. The summed E-state index contributed by atoms with van der Waals surface area (Å²) >= 11 is 3.48. The van der Waals surface area contributed by atoms with E-state index in [2.05, 4.69) is 12.2 Å². The maximum absolute atomic E-state index is 12.3. The zero-order chi connectivity index (χ0) is 11.6. The summed E-state index contributed by atoms with van der Waals surface area (Å²) in [6.07, 6.45) is 4.25. The number of nitrogens with two attached hydrogens (primary N) is 1. The van der Waals surface area contributed by atoms with Crippen molar-refractivity contribution in [1.29, 1.82) is 0 Å². The summed E-state index contributed by atoms with van der Waals surface area (Å²) in [5.74, 6) is 2.25. The first kappa shape index (κ1) is 12.6. The first-order valence-corrected chi connectivity index (χ1v) is 8.00. The number of thioether (sulfide) groups is 2. The number of rotatable bonds is 5. The fourth-order valence-corrected chi connectivity index (χ4v) is 5.11. The predicted molar refractivity (Wildman–Crippen MR) is 71.7 cm³/mol. The van der Waals surface area contributed by atoms with Crippen molar-refractivity contribution in [2.45, 2.75) is 48.8 Å². The van der Waals surface area contributed by atoms with Gasteiger partial charge in [-0.1, -0.05) is 13.3 Å². The van der Waals surface area contributed by atoms with Crippen molar-refractivity contribution in [2.24, 2.45) is 5.73 Å². The molecule has 92 valence electrons. The Balaban J connectivity index is 2.03. The SMILES string of the molecule is CCCC(N)C1(C(=O)NC2CC2)SCCS1. The van der Waals surface area contributed by atoms with Crippen LogP contribution in [-0.4, -0.2) is 33.6 Å². The van der Waals surface area contributed by atoms with Crippen LogP contribution in [0.3, 0.4) is 0 Å². The number of hydrogen-bond acceptors (Lipinski definition) is 4. The maximum atomic E-state index is 12.3. The minimum atomic E-state index is -0.404. The molecule has 1 atom stereocenters. The fourth-order valence-electron chi connectivity index (χ4n) is 1.96. The van der Waals surface area contributed by atoms with Gasteiger partial charge in [-0.2, -0.15) is 0 Å². The van der Waals surface area contributed by atoms with Crippen LogP contribution < -0.4 is 11.1 Å². The summed E-state index contributed by atoms with van der Waals surface area (Å²) in [5, 5.41) is 3.12. The third kappa shape index (κ3) is 2.51. The van der Waals surface area contributed by atoms with Crippen molar-refractivity contribution in [1.82, 2.24) is 5.32 Å². The molecule has 1 heterocycles. The van der Waals surface area contributed by atoms with Gasteiger partial charge in [0.05, 0.1) is 0 Å². The van der Waals surface area contributed by atoms with Crippen LogP contribution in [0.4, 0.5) is 0 Å². The molecule has 1 saturated heterocycles. The summed E-state index contributed by atoms with van der Waals surface area (Å²) in [4.78, 5) is 12.3. The van der Waals surface area contributed by atoms with Crippen LogP contribution in [0.2, 0.25) is 0 Å². The first-order chi connectivity index (χ1) is 7.69. The van der Waals surface area contributed by atoms with Crippen LogP contribution in [0.15, 0.2) is 0 Å². The zero-order valence-electron chi connectivity index (χ0n) is 9.70. The molecule has 3 N–H and O–H groups in total. The summed E-state index contributed by atoms with van der Waals surface area (Å²) in [6.45, 7) is 2.12. The second kappa shape index (κ2) is 5.19. The van der Waals surface area contributed by atoms with Crippen LogP contribution in [0.5, 0.6) is 0 Å². The van der Waals surface area contributed by atoms with Crippen LogP contribution in [0.1, 0.15) is 32.6 Å². The van der Waals surface area contributed by atoms with Crippen molar-refractivity contribution in [3.05, 3.63) is 0 Å². The minimum Gasteiger partial charge on any atom is -0.351 e. The lowest BCUT2D eigenvalue weighted by atomic mass is 10.1. The van der Waals surface area contributed by atoms with Gasteiger partial charge in [0.15, 0.2) is 4.08 Å². The van der Waals surface area contributed by atoms with E-state index in [1.807, 2.05) is 0 Å². The number of nitrogens with one attached hydrogen (secondary N) is 1. The third-order valence-corrected chi connectivity index (χ3v) is 6.65. The van der Waals surface area contributed by atoms with E-state index in [0.29, 0.717) is 6.04 Å². The van der Waals surface area contributed by atoms with E-state index in [1.165, 1.54) is 0 Å². The Bertz CT molecular complexity index is 263. The molecule has 0 bridgehead atoms. The number of hydrogen-bond donors (Lipinski definition) is 2. The molecule has 0 aromatic heterocycles. The highest BCUT2D eigenvalue weighted by atomic mass is 32.2. The number of amides is 1. The van der Waals surface area contributed by atoms with E-state index in [1.54, 1.807) is 23.5 Å². The molecule has 2 aliphatic rings. The Morgan fingerprint density at radius 1 is 1.50 bits per heavy atom. The van der Waals surface area contributed by atoms with Gasteiger partial charge in [-0.05, 0) is 19.3 Å². The van der Waals surface area contributed by atoms with Crippen molar-refractivity contribution in [3.63, 3.8) is 0 Å². The summed E-state index contributed by atoms with van der Waals surface area (Å²) < 4.78 is -0.404. The highest BCUT2D eigenvalue weighted by Gasteiger charge is 2.48. The molecule has 2 fully saturated rings. The van der Waals surface area contributed by atoms with Gasteiger partial charge in [-0.3, -0.25) is 4.79 Å². The Hall–Kier alpha value is 0.130. The van der Waals surface area contributed by atoms with Crippen molar-refractivity contribution in [2.75, 3.05) is 11.5 Å². The van der Waals surface area contributed by atoms with Crippen LogP contribution >= 0.6 is 23.5 Å². The van der Waals surface area contributed by atoms with Gasteiger partial charge in [0, 0.05) is 23.6 Å². The average Bonchev–Trinajstić information content (AvgIpc) is 2.94. The Morgan fingerprint density at radius 3 is 2.62 bits per heavy atom. The Morgan fingerprint density at radius 2 is 2.12 bits per heavy atom. The number of carbonyl (C=O) groups is 1. The van der Waals surface area contributed by atoms with Gasteiger partial charge in [-0.15, -0.1) is 23.5 Å². The largest absolute Gasteiger partial charge is 0.351 e. The molecule has 5 heteroatoms. The van der Waals surface area contributed by atoms with E-state index in [9.17, 15) is 4.79 Å². The summed E-state index contributed by atoms with van der Waals surface area (Å²) in [5.41, 5.74) is 6.22. The minimum absolute atomic E-state index is 0.0197. The quantitative estimate of drug-likeness (QED) is 0.788. The lowest BCUT2D eigenvalue weighted by Gasteiger charge is -2.32. The molecule has 1 aliphatic carbocycles. The molecule has 0 spiro atoms. The van der Waals surface area contributed by atoms with Gasteiger partial charge in [0.2, 0.25) is 5.91 Å². The van der Waals surface area contributed by atoms with Crippen molar-refractivity contribution >= 4 is 29.4 Å². The monoisotopic (exact) mass is 260 g/mol. The van der Waals surface area contributed by atoms with Crippen LogP contribution in [0, 0.1) is 0 Å². The molecular formula is C11H20N2OS2. The topological polar surface area (TPSA) is 55.1 Å². The van der Waals surface area contributed by atoms with Gasteiger partial charge in [0.25, 0.3) is 0 Å². The molecule has 0 aromatic rings. The Labute approximate surface area is 106 Å². The second-order valence-corrected chi connectivity index (χ2v) is 7.45. The molecular weight excluding hydrogens is 240 g/mol. The van der Waals surface area contributed by atoms with E-state index >= 15 is 0 Å². The smallest absolute Gasteiger partial charge is 0.248 e. The second-order valence-electron chi connectivity index (χ2n) is 4.51. The third-order valence-electron chi connectivity index (χ3n) is 3.03. The molecule has 16 heavy (non-hydrogen) atoms. The standard InChI is InChI=1S/C11H20N2OS2/c1-2-3-9(12)11(15-6-7-16-11)10(14)13-8-4-5-8/h8-9H,2-7,12H2,1H3,(H,13,14). The lowest BCUT2D eigenvalue weighted by molar-refractivity contribution is -0.121. The summed E-state index contributed by atoms with van der Waals surface area (Å²) in [6, 6.07) is 0.411. The molecule has 0 radical (unpaired) electrons. The van der Waals surface area contributed by atoms with Gasteiger partial charge in [0.1, 0.15) is 0 Å². The predicted octanol–water partition coefficient (Wildman–Crippen LogP) is 1.57. The van der Waals surface area contributed by atoms with E-state index in [-0.39, 0.29) is 11.9 Å². The van der Waals surface area contributed by atoms with Gasteiger partial charge < -0.3 is 11.1 Å². The zero-order valence-corrected chi connectivity index (χ0v) is 11.3. The molecule has 1 unspecified atom stereocenters. The summed E-state index contributed by atoms with van der Waals surface area (Å²) in [7, 11) is 0. The molecule has 1 saturated carbocycles. The van der Waals surface area contributed by atoms with Crippen molar-refractivity contribution in [3.8, 4) is 0 Å². The maximum Gasteiger partial charge on any atom is 0.248 e. The average molecular weight is 260 g/mol. The van der Waals surface area contributed by atoms with Crippen LogP contribution in [-0.2, 0) is 4.79 Å². The van der Waals surface area contributed by atoms with Crippen LogP contribution in [0.25, 0.3) is 0 Å². The number of carbonyl (C=O) groups excluding carboxylic acids is 1. The molecule has 1 amide bonds. The first-order valence-electron chi connectivity index (χ1n) is 6.03. The molecule has 0 aromatic carbocycles. The highest BCUT2D eigenvalue weighted by molar-refractivity contribution is 8.22. The molecule has 2 rings (SSSR count). The fraction of sp³-hybridized carbons (Fsp3) is 0.909. The Kier molecular flexibility index (Phi) is 4.08. The molecule has 3 nitrogen and oxygen atoms in total. The van der Waals surface area contributed by atoms with E-state index in [0.717, 1.165) is 37.2 Å². The normalized spacial score (nSPS) is 25.4. The highest BCUT2D eigenvalue weighted by Crippen LogP contribution is 2.47. The van der Waals surface area contributed by atoms with Crippen molar-refractivity contribution < 1.29 is 4.79 Å². The van der Waals surface area contributed by atoms with Gasteiger partial charge >= 0.3 is 0 Å². The lowest BCUT2D eigenvalue weighted by Crippen LogP contribution is -2.53. The van der Waals surface area contributed by atoms with E-state index < -0.39 is 4.08 Å². The van der Waals surface area contributed by atoms with E-state index in [4.69, 9.17) is 5.73 Å².